The zero-order chi connectivity index (χ0) is 19.1. The minimum absolute atomic E-state index is 0.0370. The second kappa shape index (κ2) is 9.14. The van der Waals surface area contributed by atoms with Gasteiger partial charge >= 0.3 is 0 Å². The molecule has 0 fully saturated rings. The number of nitrogens with one attached hydrogen (secondary N) is 1. The van der Waals surface area contributed by atoms with Crippen LogP contribution in [-0.2, 0) is 6.54 Å². The molecule has 0 bridgehead atoms. The maximum Gasteiger partial charge on any atom is 0.251 e. The number of thioether (sulfide) groups is 1. The average molecular weight is 379 g/mol. The van der Waals surface area contributed by atoms with E-state index in [1.807, 2.05) is 24.3 Å². The van der Waals surface area contributed by atoms with Crippen molar-refractivity contribution in [1.29, 1.82) is 0 Å². The summed E-state index contributed by atoms with van der Waals surface area (Å²) < 4.78 is 13.6. The summed E-state index contributed by atoms with van der Waals surface area (Å²) in [6.45, 7) is 0.120. The Hall–Kier alpha value is -2.92. The molecule has 0 aliphatic carbocycles. The highest BCUT2D eigenvalue weighted by atomic mass is 32.2. The number of rotatable bonds is 7. The summed E-state index contributed by atoms with van der Waals surface area (Å²) in [6.07, 6.45) is 0. The molecule has 0 atom stereocenters. The molecule has 136 valence electrons. The second-order valence-electron chi connectivity index (χ2n) is 5.88. The van der Waals surface area contributed by atoms with Crippen LogP contribution in [0, 0.1) is 5.82 Å². The first-order chi connectivity index (χ1) is 13.1. The monoisotopic (exact) mass is 379 g/mol. The van der Waals surface area contributed by atoms with Gasteiger partial charge in [-0.2, -0.15) is 0 Å². The summed E-state index contributed by atoms with van der Waals surface area (Å²) in [7, 11) is 0. The molecular weight excluding hydrogens is 361 g/mol. The molecule has 0 saturated carbocycles. The summed E-state index contributed by atoms with van der Waals surface area (Å²) in [6, 6.07) is 22.5. The Labute approximate surface area is 161 Å². The molecule has 1 N–H and O–H groups in total. The summed E-state index contributed by atoms with van der Waals surface area (Å²) >= 11 is 1.38. The molecule has 0 heterocycles. The first-order valence-electron chi connectivity index (χ1n) is 8.46. The smallest absolute Gasteiger partial charge is 0.251 e. The van der Waals surface area contributed by atoms with Gasteiger partial charge in [-0.25, -0.2) is 4.39 Å². The zero-order valence-electron chi connectivity index (χ0n) is 14.5. The number of Topliss-reactive ketones (excluding diaryl/α,β-unsaturated/α-hetero) is 1. The van der Waals surface area contributed by atoms with Crippen molar-refractivity contribution in [1.82, 2.24) is 5.32 Å². The topological polar surface area (TPSA) is 46.2 Å². The number of hydrogen-bond acceptors (Lipinski definition) is 3. The van der Waals surface area contributed by atoms with Crippen LogP contribution in [0.15, 0.2) is 83.8 Å². The van der Waals surface area contributed by atoms with E-state index in [4.69, 9.17) is 0 Å². The van der Waals surface area contributed by atoms with Crippen LogP contribution in [0.2, 0.25) is 0 Å². The number of ketones is 1. The van der Waals surface area contributed by atoms with E-state index in [2.05, 4.69) is 5.32 Å². The second-order valence-corrected chi connectivity index (χ2v) is 6.93. The fraction of sp³-hybridized carbons (Fsp3) is 0.0909. The van der Waals surface area contributed by atoms with Crippen LogP contribution in [0.3, 0.4) is 0 Å². The lowest BCUT2D eigenvalue weighted by atomic mass is 10.2. The van der Waals surface area contributed by atoms with Crippen molar-refractivity contribution in [3.63, 3.8) is 0 Å². The molecule has 1 amide bonds. The van der Waals surface area contributed by atoms with Gasteiger partial charge < -0.3 is 5.32 Å². The largest absolute Gasteiger partial charge is 0.348 e. The van der Waals surface area contributed by atoms with E-state index < -0.39 is 0 Å². The van der Waals surface area contributed by atoms with Crippen LogP contribution < -0.4 is 5.32 Å². The minimum Gasteiger partial charge on any atom is -0.348 e. The van der Waals surface area contributed by atoms with Crippen LogP contribution in [0.25, 0.3) is 0 Å². The highest BCUT2D eigenvalue weighted by Crippen LogP contribution is 2.20. The molecule has 0 aliphatic rings. The molecule has 0 spiro atoms. The van der Waals surface area contributed by atoms with Gasteiger partial charge in [0.2, 0.25) is 0 Å². The number of hydrogen-bond donors (Lipinski definition) is 1. The lowest BCUT2D eigenvalue weighted by Crippen LogP contribution is -2.23. The van der Waals surface area contributed by atoms with Gasteiger partial charge in [0.25, 0.3) is 5.91 Å². The van der Waals surface area contributed by atoms with Crippen molar-refractivity contribution >= 4 is 23.5 Å². The van der Waals surface area contributed by atoms with E-state index in [1.54, 1.807) is 48.5 Å². The highest BCUT2D eigenvalue weighted by Gasteiger charge is 2.10. The summed E-state index contributed by atoms with van der Waals surface area (Å²) in [5.41, 5.74) is 1.58. The van der Waals surface area contributed by atoms with Crippen LogP contribution >= 0.6 is 11.8 Å². The molecule has 0 saturated heterocycles. The molecule has 27 heavy (non-hydrogen) atoms. The number of halogens is 1. The SMILES string of the molecule is O=C(CSc1cccc(C(=O)NCc2ccccc2F)c1)c1ccccc1. The summed E-state index contributed by atoms with van der Waals surface area (Å²) in [4.78, 5) is 25.4. The van der Waals surface area contributed by atoms with Gasteiger partial charge in [-0.1, -0.05) is 54.6 Å². The third-order valence-electron chi connectivity index (χ3n) is 3.96. The third kappa shape index (κ3) is 5.28. The minimum atomic E-state index is -0.346. The Bertz CT molecular complexity index is 944. The lowest BCUT2D eigenvalue weighted by Gasteiger charge is -2.08. The van der Waals surface area contributed by atoms with Crippen molar-refractivity contribution in [3.05, 3.63) is 101 Å². The predicted octanol–water partition coefficient (Wildman–Crippen LogP) is 4.73. The van der Waals surface area contributed by atoms with Crippen molar-refractivity contribution < 1.29 is 14.0 Å². The Balaban J connectivity index is 1.59. The first kappa shape index (κ1) is 18.9. The van der Waals surface area contributed by atoms with Crippen molar-refractivity contribution in [2.75, 3.05) is 5.75 Å². The first-order valence-corrected chi connectivity index (χ1v) is 9.45. The molecule has 0 aliphatic heterocycles. The van der Waals surface area contributed by atoms with E-state index in [1.165, 1.54) is 17.8 Å². The molecule has 0 aromatic heterocycles. The fourth-order valence-corrected chi connectivity index (χ4v) is 3.35. The van der Waals surface area contributed by atoms with Gasteiger partial charge in [0.15, 0.2) is 5.78 Å². The van der Waals surface area contributed by atoms with Gasteiger partial charge in [-0.3, -0.25) is 9.59 Å². The number of carbonyl (C=O) groups excluding carboxylic acids is 2. The van der Waals surface area contributed by atoms with E-state index in [9.17, 15) is 14.0 Å². The van der Waals surface area contributed by atoms with E-state index in [0.717, 1.165) is 4.90 Å². The number of benzene rings is 3. The molecule has 3 aromatic rings. The van der Waals surface area contributed by atoms with Crippen molar-refractivity contribution in [2.45, 2.75) is 11.4 Å². The van der Waals surface area contributed by atoms with Gasteiger partial charge in [0.1, 0.15) is 5.82 Å². The normalized spacial score (nSPS) is 10.4. The van der Waals surface area contributed by atoms with E-state index in [0.29, 0.717) is 22.4 Å². The maximum atomic E-state index is 13.6. The average Bonchev–Trinajstić information content (AvgIpc) is 2.72. The Morgan fingerprint density at radius 3 is 2.33 bits per heavy atom. The molecule has 3 nitrogen and oxygen atoms in total. The molecule has 5 heteroatoms. The Kier molecular flexibility index (Phi) is 6.39. The standard InChI is InChI=1S/C22H18FNO2S/c23-20-12-5-4-9-18(20)14-24-22(26)17-10-6-11-19(13-17)27-15-21(25)16-7-2-1-3-8-16/h1-13H,14-15H2,(H,24,26). The lowest BCUT2D eigenvalue weighted by molar-refractivity contribution is 0.0949. The number of amides is 1. The molecule has 0 radical (unpaired) electrons. The third-order valence-corrected chi connectivity index (χ3v) is 4.95. The highest BCUT2D eigenvalue weighted by molar-refractivity contribution is 8.00. The Morgan fingerprint density at radius 1 is 0.852 bits per heavy atom. The fourth-order valence-electron chi connectivity index (χ4n) is 2.50. The summed E-state index contributed by atoms with van der Waals surface area (Å²) in [5, 5.41) is 2.72. The van der Waals surface area contributed by atoms with Gasteiger partial charge in [0.05, 0.1) is 5.75 Å². The van der Waals surface area contributed by atoms with Crippen LogP contribution in [0.5, 0.6) is 0 Å². The zero-order valence-corrected chi connectivity index (χ0v) is 15.3. The van der Waals surface area contributed by atoms with E-state index >= 15 is 0 Å². The van der Waals surface area contributed by atoms with E-state index in [-0.39, 0.29) is 24.1 Å². The summed E-state index contributed by atoms with van der Waals surface area (Å²) in [5.74, 6) is -0.295. The van der Waals surface area contributed by atoms with Crippen molar-refractivity contribution in [2.24, 2.45) is 0 Å². The Morgan fingerprint density at radius 2 is 1.56 bits per heavy atom. The van der Waals surface area contributed by atoms with Crippen molar-refractivity contribution in [3.8, 4) is 0 Å². The van der Waals surface area contributed by atoms with Crippen LogP contribution in [0.1, 0.15) is 26.3 Å². The maximum absolute atomic E-state index is 13.6. The van der Waals surface area contributed by atoms with Gasteiger partial charge in [0, 0.05) is 28.1 Å². The predicted molar refractivity (Wildman–Crippen MR) is 106 cm³/mol. The van der Waals surface area contributed by atoms with Crippen LogP contribution in [-0.4, -0.2) is 17.4 Å². The molecule has 0 unspecified atom stereocenters. The van der Waals surface area contributed by atoms with Gasteiger partial charge in [-0.15, -0.1) is 11.8 Å². The molecule has 3 aromatic carbocycles. The van der Waals surface area contributed by atoms with Gasteiger partial charge in [-0.05, 0) is 24.3 Å². The quantitative estimate of drug-likeness (QED) is 0.477. The van der Waals surface area contributed by atoms with Crippen LogP contribution in [0.4, 0.5) is 4.39 Å². The number of carbonyl (C=O) groups is 2. The molecule has 3 rings (SSSR count). The molecular formula is C22H18FNO2S.